The fourth-order valence-corrected chi connectivity index (χ4v) is 5.61. The van der Waals surface area contributed by atoms with Crippen molar-refractivity contribution in [1.82, 2.24) is 10.2 Å². The monoisotopic (exact) mass is 599 g/mol. The largest absolute Gasteiger partial charge is 0.480 e. The van der Waals surface area contributed by atoms with Crippen molar-refractivity contribution in [3.8, 4) is 0 Å². The van der Waals surface area contributed by atoms with Crippen LogP contribution in [0.5, 0.6) is 0 Å². The molecule has 0 radical (unpaired) electrons. The van der Waals surface area contributed by atoms with Gasteiger partial charge >= 0.3 is 5.97 Å². The van der Waals surface area contributed by atoms with E-state index >= 15 is 0 Å². The van der Waals surface area contributed by atoms with Crippen LogP contribution in [0, 0.1) is 5.82 Å². The molecule has 1 aliphatic heterocycles. The third-order valence-electron chi connectivity index (χ3n) is 6.73. The van der Waals surface area contributed by atoms with E-state index in [4.69, 9.17) is 17.3 Å². The van der Waals surface area contributed by atoms with Gasteiger partial charge in [-0.15, -0.1) is 0 Å². The normalized spacial score (nSPS) is 14.0. The Balaban J connectivity index is 1.51. The molecule has 1 heterocycles. The lowest BCUT2D eigenvalue weighted by Crippen LogP contribution is -2.43. The van der Waals surface area contributed by atoms with Crippen molar-refractivity contribution in [1.29, 1.82) is 0 Å². The fourth-order valence-electron chi connectivity index (χ4n) is 4.60. The summed E-state index contributed by atoms with van der Waals surface area (Å²) in [6, 6.07) is 12.0. The first-order valence-electron chi connectivity index (χ1n) is 12.5. The number of hydrogen-bond donors (Lipinski definition) is 3. The van der Waals surface area contributed by atoms with E-state index in [2.05, 4.69) is 5.32 Å². The van der Waals surface area contributed by atoms with Gasteiger partial charge in [-0.1, -0.05) is 41.9 Å². The number of anilines is 1. The van der Waals surface area contributed by atoms with E-state index in [1.807, 2.05) is 0 Å². The van der Waals surface area contributed by atoms with Gasteiger partial charge in [0.1, 0.15) is 11.9 Å². The van der Waals surface area contributed by atoms with Crippen LogP contribution in [-0.4, -0.2) is 55.1 Å². The maximum Gasteiger partial charge on any atom is 0.326 e. The van der Waals surface area contributed by atoms with Crippen LogP contribution in [-0.2, 0) is 38.8 Å². The Hall–Kier alpha value is -4.22. The summed E-state index contributed by atoms with van der Waals surface area (Å²) in [5, 5.41) is 12.2. The minimum absolute atomic E-state index is 0.0156. The minimum atomic E-state index is -3.51. The molecular weight excluding hydrogens is 573 g/mol. The van der Waals surface area contributed by atoms with Crippen molar-refractivity contribution in [2.24, 2.45) is 0 Å². The lowest BCUT2D eigenvalue weighted by atomic mass is 9.94. The minimum Gasteiger partial charge on any atom is -0.480 e. The number of carbonyl (C=O) groups excluding carboxylic acids is 2. The van der Waals surface area contributed by atoms with Crippen LogP contribution in [0.2, 0.25) is 5.02 Å². The van der Waals surface area contributed by atoms with Crippen LogP contribution in [0.1, 0.15) is 32.6 Å². The quantitative estimate of drug-likeness (QED) is 0.265. The Kier molecular flexibility index (Phi) is 8.79. The Morgan fingerprint density at radius 2 is 1.90 bits per heavy atom. The van der Waals surface area contributed by atoms with Gasteiger partial charge in [0.15, 0.2) is 9.84 Å². The first-order valence-corrected chi connectivity index (χ1v) is 14.8. The molecular formula is C29H27ClFN3O6S. The number of sulfone groups is 1. The van der Waals surface area contributed by atoms with Gasteiger partial charge in [-0.25, -0.2) is 17.6 Å². The number of nitrogens with two attached hydrogens (primary N) is 1. The number of benzene rings is 3. The van der Waals surface area contributed by atoms with Gasteiger partial charge in [-0.2, -0.15) is 0 Å². The molecule has 9 nitrogen and oxygen atoms in total. The highest BCUT2D eigenvalue weighted by Gasteiger charge is 2.29. The van der Waals surface area contributed by atoms with E-state index in [1.54, 1.807) is 29.2 Å². The SMILES string of the molecule is CS(=O)(=O)c1cccc(C[C@H](NC(=O)c2c(Cl)cc3c(c2N)CCN(C(=O)/C=C/c2ccccc2F)C3)C(=O)O)c1. The first kappa shape index (κ1) is 29.8. The highest BCUT2D eigenvalue weighted by molar-refractivity contribution is 7.90. The molecule has 3 aromatic carbocycles. The number of carboxylic acids is 1. The van der Waals surface area contributed by atoms with Gasteiger partial charge < -0.3 is 21.1 Å². The molecule has 4 N–H and O–H groups in total. The number of nitrogens with one attached hydrogen (secondary N) is 1. The molecule has 1 aliphatic rings. The molecule has 1 atom stereocenters. The van der Waals surface area contributed by atoms with Gasteiger partial charge in [-0.05, 0) is 53.5 Å². The first-order chi connectivity index (χ1) is 19.3. The second kappa shape index (κ2) is 12.1. The van der Waals surface area contributed by atoms with Crippen LogP contribution in [0.4, 0.5) is 10.1 Å². The van der Waals surface area contributed by atoms with Crippen LogP contribution in [0.15, 0.2) is 65.6 Å². The summed E-state index contributed by atoms with van der Waals surface area (Å²) >= 11 is 6.43. The lowest BCUT2D eigenvalue weighted by molar-refractivity contribution is -0.139. The molecule has 4 rings (SSSR count). The van der Waals surface area contributed by atoms with Gasteiger partial charge in [0.05, 0.1) is 15.5 Å². The average molecular weight is 600 g/mol. The lowest BCUT2D eigenvalue weighted by Gasteiger charge is -2.30. The highest BCUT2D eigenvalue weighted by Crippen LogP contribution is 2.33. The molecule has 0 aromatic heterocycles. The Bertz CT molecular complexity index is 1670. The number of amides is 2. The third-order valence-corrected chi connectivity index (χ3v) is 8.14. The number of rotatable bonds is 8. The predicted octanol–water partition coefficient (Wildman–Crippen LogP) is 3.49. The van der Waals surface area contributed by atoms with Crippen LogP contribution < -0.4 is 11.1 Å². The Labute approximate surface area is 241 Å². The molecule has 0 unspecified atom stereocenters. The van der Waals surface area contributed by atoms with Crippen LogP contribution in [0.3, 0.4) is 0 Å². The average Bonchev–Trinajstić information content (AvgIpc) is 2.91. The molecule has 0 bridgehead atoms. The van der Waals surface area contributed by atoms with E-state index in [0.717, 1.165) is 6.26 Å². The number of nitrogens with zero attached hydrogens (tertiary/aromatic N) is 1. The Morgan fingerprint density at radius 1 is 1.17 bits per heavy atom. The van der Waals surface area contributed by atoms with Crippen LogP contribution in [0.25, 0.3) is 6.08 Å². The fraction of sp³-hybridized carbons (Fsp3) is 0.207. The zero-order valence-corrected chi connectivity index (χ0v) is 23.5. The predicted molar refractivity (Wildman–Crippen MR) is 153 cm³/mol. The summed E-state index contributed by atoms with van der Waals surface area (Å²) in [6.45, 7) is 0.449. The number of carboxylic acid groups (broad SMARTS) is 1. The summed E-state index contributed by atoms with van der Waals surface area (Å²) in [4.78, 5) is 39.5. The maximum absolute atomic E-state index is 13.9. The van der Waals surface area contributed by atoms with Crippen molar-refractivity contribution in [2.45, 2.75) is 30.3 Å². The topological polar surface area (TPSA) is 147 Å². The maximum atomic E-state index is 13.9. The number of aliphatic carboxylic acids is 1. The molecule has 0 fully saturated rings. The number of halogens is 2. The molecule has 0 saturated carbocycles. The van der Waals surface area contributed by atoms with E-state index in [-0.39, 0.29) is 52.1 Å². The second-order valence-corrected chi connectivity index (χ2v) is 12.1. The summed E-state index contributed by atoms with van der Waals surface area (Å²) in [5.41, 5.74) is 8.27. The molecule has 3 aromatic rings. The van der Waals surface area contributed by atoms with E-state index in [1.165, 1.54) is 42.5 Å². The van der Waals surface area contributed by atoms with Crippen molar-refractivity contribution < 1.29 is 32.3 Å². The van der Waals surface area contributed by atoms with Crippen molar-refractivity contribution in [3.63, 3.8) is 0 Å². The van der Waals surface area contributed by atoms with Gasteiger partial charge in [0.25, 0.3) is 5.91 Å². The number of carbonyl (C=O) groups is 3. The molecule has 0 saturated heterocycles. The van der Waals surface area contributed by atoms with Crippen molar-refractivity contribution >= 4 is 51.0 Å². The molecule has 214 valence electrons. The van der Waals surface area contributed by atoms with E-state index in [9.17, 15) is 32.3 Å². The van der Waals surface area contributed by atoms with Gasteiger partial charge in [0, 0.05) is 43.1 Å². The number of hydrogen-bond acceptors (Lipinski definition) is 6. The van der Waals surface area contributed by atoms with Crippen molar-refractivity contribution in [3.05, 3.63) is 99.3 Å². The number of nitrogen functional groups attached to an aromatic ring is 1. The van der Waals surface area contributed by atoms with Crippen LogP contribution >= 0.6 is 11.6 Å². The van der Waals surface area contributed by atoms with Crippen molar-refractivity contribution in [2.75, 3.05) is 18.5 Å². The summed E-state index contributed by atoms with van der Waals surface area (Å²) in [6.07, 6.45) is 3.87. The summed E-state index contributed by atoms with van der Waals surface area (Å²) < 4.78 is 37.6. The molecule has 2 amide bonds. The van der Waals surface area contributed by atoms with Gasteiger partial charge in [0.2, 0.25) is 5.91 Å². The molecule has 0 aliphatic carbocycles. The third kappa shape index (κ3) is 6.93. The second-order valence-electron chi connectivity index (χ2n) is 9.64. The zero-order valence-electron chi connectivity index (χ0n) is 21.9. The Morgan fingerprint density at radius 3 is 2.59 bits per heavy atom. The summed E-state index contributed by atoms with van der Waals surface area (Å²) in [7, 11) is -3.51. The van der Waals surface area contributed by atoms with E-state index in [0.29, 0.717) is 23.1 Å². The zero-order chi connectivity index (χ0) is 29.9. The molecule has 0 spiro atoms. The number of fused-ring (bicyclic) bond motifs is 1. The highest BCUT2D eigenvalue weighted by atomic mass is 35.5. The van der Waals surface area contributed by atoms with E-state index < -0.39 is 33.6 Å². The summed E-state index contributed by atoms with van der Waals surface area (Å²) in [5.74, 6) is -2.90. The molecule has 41 heavy (non-hydrogen) atoms. The molecule has 12 heteroatoms. The smallest absolute Gasteiger partial charge is 0.326 e. The standard InChI is InChI=1S/C29H27ClFN3O6S/c1-41(39,40)20-7-4-5-17(13-20)14-24(29(37)38)33-28(36)26-22(30)15-19-16-34(12-11-21(19)27(26)32)25(35)10-9-18-6-2-3-8-23(18)31/h2-10,13,15,24H,11-12,14,16,32H2,1H3,(H,33,36)(H,37,38)/b10-9+/t24-/m0/s1. The van der Waals surface area contributed by atoms with Gasteiger partial charge in [-0.3, -0.25) is 9.59 Å².